The summed E-state index contributed by atoms with van der Waals surface area (Å²) < 4.78 is 0. The Hall–Kier alpha value is -3.08. The minimum atomic E-state index is -0.380. The normalized spacial score (nSPS) is 10.5. The second kappa shape index (κ2) is 5.13. The van der Waals surface area contributed by atoms with Crippen LogP contribution in [0.15, 0.2) is 54.9 Å². The Labute approximate surface area is 120 Å². The zero-order chi connectivity index (χ0) is 14.8. The highest BCUT2D eigenvalue weighted by Gasteiger charge is 2.10. The molecule has 0 aliphatic carbocycles. The molecule has 0 bridgehead atoms. The van der Waals surface area contributed by atoms with Crippen LogP contribution in [-0.4, -0.2) is 21.1 Å². The predicted octanol–water partition coefficient (Wildman–Crippen LogP) is 2.90. The molecule has 1 heterocycles. The highest BCUT2D eigenvalue weighted by Crippen LogP contribution is 2.30. The Morgan fingerprint density at radius 1 is 1.00 bits per heavy atom. The van der Waals surface area contributed by atoms with Crippen molar-refractivity contribution in [2.24, 2.45) is 0 Å². The quantitative estimate of drug-likeness (QED) is 0.674. The third-order valence-corrected chi connectivity index (χ3v) is 3.13. The first-order valence-electron chi connectivity index (χ1n) is 6.31. The van der Waals surface area contributed by atoms with Crippen molar-refractivity contribution in [2.45, 2.75) is 0 Å². The number of carbonyl (C=O) groups excluding carboxylic acids is 1. The summed E-state index contributed by atoms with van der Waals surface area (Å²) >= 11 is 0. The fraction of sp³-hybridized carbons (Fsp3) is 0. The fourth-order valence-corrected chi connectivity index (χ4v) is 2.15. The molecule has 0 aliphatic heterocycles. The molecule has 0 radical (unpaired) electrons. The summed E-state index contributed by atoms with van der Waals surface area (Å²) in [7, 11) is 0. The molecule has 1 amide bonds. The Morgan fingerprint density at radius 3 is 2.57 bits per heavy atom. The SMILES string of the molecule is O=C(Nc1cccc2c(O)cccc12)c1cncc(O)c1. The number of hydrogen-bond donors (Lipinski definition) is 3. The molecule has 3 aromatic rings. The number of hydrogen-bond acceptors (Lipinski definition) is 4. The average Bonchev–Trinajstić information content (AvgIpc) is 2.48. The van der Waals surface area contributed by atoms with Crippen LogP contribution in [0.5, 0.6) is 11.5 Å². The van der Waals surface area contributed by atoms with E-state index in [0.29, 0.717) is 11.1 Å². The van der Waals surface area contributed by atoms with E-state index in [0.717, 1.165) is 5.39 Å². The standard InChI is InChI=1S/C16H12N2O3/c19-11-7-10(8-17-9-11)16(21)18-14-5-1-4-13-12(14)3-2-6-15(13)20/h1-9,19-20H,(H,18,21). The van der Waals surface area contributed by atoms with Gasteiger partial charge >= 0.3 is 0 Å². The number of amides is 1. The van der Waals surface area contributed by atoms with Crippen molar-refractivity contribution in [1.29, 1.82) is 0 Å². The van der Waals surface area contributed by atoms with Crippen molar-refractivity contribution in [3.8, 4) is 11.5 Å². The van der Waals surface area contributed by atoms with Gasteiger partial charge in [-0.2, -0.15) is 0 Å². The molecule has 1 aromatic heterocycles. The van der Waals surface area contributed by atoms with Crippen LogP contribution >= 0.6 is 0 Å². The fourth-order valence-electron chi connectivity index (χ4n) is 2.15. The van der Waals surface area contributed by atoms with E-state index in [1.165, 1.54) is 18.5 Å². The molecule has 3 N–H and O–H groups in total. The number of rotatable bonds is 2. The lowest BCUT2D eigenvalue weighted by Crippen LogP contribution is -2.12. The van der Waals surface area contributed by atoms with Gasteiger partial charge in [0.15, 0.2) is 0 Å². The summed E-state index contributed by atoms with van der Waals surface area (Å²) in [6.45, 7) is 0. The number of nitrogens with one attached hydrogen (secondary N) is 1. The molecule has 0 saturated carbocycles. The zero-order valence-corrected chi connectivity index (χ0v) is 10.9. The van der Waals surface area contributed by atoms with Gasteiger partial charge in [0.25, 0.3) is 5.91 Å². The highest BCUT2D eigenvalue weighted by atomic mass is 16.3. The molecule has 21 heavy (non-hydrogen) atoms. The first kappa shape index (κ1) is 12.9. The molecule has 2 aromatic carbocycles. The van der Waals surface area contributed by atoms with Crippen LogP contribution in [-0.2, 0) is 0 Å². The van der Waals surface area contributed by atoms with Crippen LogP contribution < -0.4 is 5.32 Å². The molecule has 104 valence electrons. The number of aromatic nitrogens is 1. The summed E-state index contributed by atoms with van der Waals surface area (Å²) in [5, 5.41) is 23.3. The van der Waals surface area contributed by atoms with Crippen LogP contribution in [0.1, 0.15) is 10.4 Å². The minimum Gasteiger partial charge on any atom is -0.507 e. The molecule has 0 aliphatic rings. The van der Waals surface area contributed by atoms with E-state index in [2.05, 4.69) is 10.3 Å². The summed E-state index contributed by atoms with van der Waals surface area (Å²) in [5.41, 5.74) is 0.837. The highest BCUT2D eigenvalue weighted by molar-refractivity contribution is 6.09. The van der Waals surface area contributed by atoms with Crippen molar-refractivity contribution < 1.29 is 15.0 Å². The molecule has 0 fully saturated rings. The number of benzene rings is 2. The average molecular weight is 280 g/mol. The number of carbonyl (C=O) groups is 1. The van der Waals surface area contributed by atoms with Crippen molar-refractivity contribution in [3.05, 3.63) is 60.4 Å². The summed E-state index contributed by atoms with van der Waals surface area (Å²) in [6, 6.07) is 11.7. The maximum absolute atomic E-state index is 12.2. The van der Waals surface area contributed by atoms with Gasteiger partial charge in [0.05, 0.1) is 11.8 Å². The van der Waals surface area contributed by atoms with Gasteiger partial charge in [-0.3, -0.25) is 9.78 Å². The van der Waals surface area contributed by atoms with E-state index in [1.807, 2.05) is 6.07 Å². The van der Waals surface area contributed by atoms with Gasteiger partial charge in [-0.1, -0.05) is 24.3 Å². The lowest BCUT2D eigenvalue weighted by atomic mass is 10.1. The lowest BCUT2D eigenvalue weighted by molar-refractivity contribution is 0.102. The third-order valence-electron chi connectivity index (χ3n) is 3.13. The number of anilines is 1. The first-order valence-corrected chi connectivity index (χ1v) is 6.31. The molecule has 5 heteroatoms. The molecular weight excluding hydrogens is 268 g/mol. The van der Waals surface area contributed by atoms with Crippen LogP contribution in [0.2, 0.25) is 0 Å². The van der Waals surface area contributed by atoms with Crippen LogP contribution in [0.3, 0.4) is 0 Å². The number of nitrogens with zero attached hydrogens (tertiary/aromatic N) is 1. The van der Waals surface area contributed by atoms with Gasteiger partial charge in [-0.15, -0.1) is 0 Å². The van der Waals surface area contributed by atoms with Crippen LogP contribution in [0.4, 0.5) is 5.69 Å². The zero-order valence-electron chi connectivity index (χ0n) is 10.9. The Kier molecular flexibility index (Phi) is 3.16. The molecule has 0 spiro atoms. The van der Waals surface area contributed by atoms with Gasteiger partial charge in [0.2, 0.25) is 0 Å². The second-order valence-electron chi connectivity index (χ2n) is 4.56. The smallest absolute Gasteiger partial charge is 0.257 e. The van der Waals surface area contributed by atoms with Gasteiger partial charge < -0.3 is 15.5 Å². The number of phenols is 1. The topological polar surface area (TPSA) is 82.5 Å². The van der Waals surface area contributed by atoms with Gasteiger partial charge in [0.1, 0.15) is 11.5 Å². The molecule has 0 unspecified atom stereocenters. The number of fused-ring (bicyclic) bond motifs is 1. The molecular formula is C16H12N2O3. The molecule has 0 saturated heterocycles. The van der Waals surface area contributed by atoms with Crippen molar-refractivity contribution >= 4 is 22.4 Å². The molecule has 0 atom stereocenters. The Morgan fingerprint density at radius 2 is 1.76 bits per heavy atom. The second-order valence-corrected chi connectivity index (χ2v) is 4.56. The summed E-state index contributed by atoms with van der Waals surface area (Å²) in [4.78, 5) is 15.9. The Bertz CT molecular complexity index is 831. The maximum Gasteiger partial charge on any atom is 0.257 e. The van der Waals surface area contributed by atoms with Gasteiger partial charge in [0, 0.05) is 22.7 Å². The van der Waals surface area contributed by atoms with E-state index < -0.39 is 0 Å². The number of pyridine rings is 1. The van der Waals surface area contributed by atoms with Gasteiger partial charge in [-0.05, 0) is 18.2 Å². The van der Waals surface area contributed by atoms with E-state index in [4.69, 9.17) is 0 Å². The Balaban J connectivity index is 1.99. The molecule has 3 rings (SSSR count). The summed E-state index contributed by atoms with van der Waals surface area (Å²) in [6.07, 6.45) is 2.63. The van der Waals surface area contributed by atoms with E-state index in [-0.39, 0.29) is 23.0 Å². The van der Waals surface area contributed by atoms with E-state index in [1.54, 1.807) is 30.3 Å². The first-order chi connectivity index (χ1) is 10.1. The van der Waals surface area contributed by atoms with Crippen molar-refractivity contribution in [3.63, 3.8) is 0 Å². The predicted molar refractivity (Wildman–Crippen MR) is 79.5 cm³/mol. The van der Waals surface area contributed by atoms with Crippen molar-refractivity contribution in [2.75, 3.05) is 5.32 Å². The monoisotopic (exact) mass is 280 g/mol. The van der Waals surface area contributed by atoms with Crippen LogP contribution in [0, 0.1) is 0 Å². The number of aromatic hydroxyl groups is 2. The van der Waals surface area contributed by atoms with Crippen LogP contribution in [0.25, 0.3) is 10.8 Å². The lowest BCUT2D eigenvalue weighted by Gasteiger charge is -2.09. The maximum atomic E-state index is 12.2. The summed E-state index contributed by atoms with van der Waals surface area (Å²) in [5.74, 6) is -0.296. The number of phenolic OH excluding ortho intramolecular Hbond substituents is 1. The third kappa shape index (κ3) is 2.49. The van der Waals surface area contributed by atoms with E-state index in [9.17, 15) is 15.0 Å². The van der Waals surface area contributed by atoms with E-state index >= 15 is 0 Å². The van der Waals surface area contributed by atoms with Gasteiger partial charge in [-0.25, -0.2) is 0 Å². The molecule has 5 nitrogen and oxygen atoms in total. The minimum absolute atomic E-state index is 0.0711. The van der Waals surface area contributed by atoms with Crippen molar-refractivity contribution in [1.82, 2.24) is 4.98 Å². The largest absolute Gasteiger partial charge is 0.507 e.